The topological polar surface area (TPSA) is 63.4 Å². The smallest absolute Gasteiger partial charge is 0.243 e. The lowest BCUT2D eigenvalue weighted by atomic mass is 10.1. The fraction of sp³-hybridized carbons (Fsp3) is 0.467. The van der Waals surface area contributed by atoms with Crippen LogP contribution in [0.3, 0.4) is 0 Å². The van der Waals surface area contributed by atoms with Crippen LogP contribution in [-0.2, 0) is 23.0 Å². The van der Waals surface area contributed by atoms with E-state index in [1.54, 1.807) is 6.07 Å². The number of likely N-dealkylation sites (N-methyl/N-ethyl adjacent to an activating group) is 1. The van der Waals surface area contributed by atoms with Crippen molar-refractivity contribution in [2.75, 3.05) is 13.1 Å². The average Bonchev–Trinajstić information content (AvgIpc) is 2.43. The van der Waals surface area contributed by atoms with Gasteiger partial charge in [-0.05, 0) is 30.5 Å². The zero-order valence-corrected chi connectivity index (χ0v) is 13.3. The molecule has 0 saturated heterocycles. The molecule has 0 bridgehead atoms. The second-order valence-corrected chi connectivity index (χ2v) is 6.79. The fourth-order valence-electron chi connectivity index (χ4n) is 2.07. The number of rotatable bonds is 7. The van der Waals surface area contributed by atoms with Crippen LogP contribution >= 0.6 is 0 Å². The molecule has 0 unspecified atom stereocenters. The van der Waals surface area contributed by atoms with Crippen molar-refractivity contribution in [2.24, 2.45) is 5.73 Å². The number of aryl methyl sites for hydroxylation is 1. The molecule has 112 valence electrons. The van der Waals surface area contributed by atoms with Crippen LogP contribution in [0.1, 0.15) is 31.9 Å². The maximum atomic E-state index is 12.8. The summed E-state index contributed by atoms with van der Waals surface area (Å²) in [5.41, 5.74) is 8.09. The van der Waals surface area contributed by atoms with E-state index >= 15 is 0 Å². The zero-order valence-electron chi connectivity index (χ0n) is 12.5. The Hall–Kier alpha value is -1.17. The third-order valence-electron chi connectivity index (χ3n) is 3.16. The highest BCUT2D eigenvalue weighted by Crippen LogP contribution is 2.23. The summed E-state index contributed by atoms with van der Waals surface area (Å²) in [5.74, 6) is 0. The highest BCUT2D eigenvalue weighted by molar-refractivity contribution is 7.89. The lowest BCUT2D eigenvalue weighted by molar-refractivity contribution is 0.452. The molecule has 0 aliphatic carbocycles. The van der Waals surface area contributed by atoms with Crippen LogP contribution in [0.5, 0.6) is 0 Å². The fourth-order valence-corrected chi connectivity index (χ4v) is 3.92. The Labute approximate surface area is 122 Å². The van der Waals surface area contributed by atoms with Crippen LogP contribution in [0.15, 0.2) is 35.2 Å². The van der Waals surface area contributed by atoms with E-state index in [0.717, 1.165) is 16.7 Å². The molecule has 0 saturated carbocycles. The second kappa shape index (κ2) is 7.02. The summed E-state index contributed by atoms with van der Waals surface area (Å²) in [5, 5.41) is 0. The maximum Gasteiger partial charge on any atom is 0.243 e. The molecule has 0 aliphatic rings. The first kappa shape index (κ1) is 16.9. The van der Waals surface area contributed by atoms with Crippen LogP contribution in [0.2, 0.25) is 0 Å². The molecule has 0 amide bonds. The van der Waals surface area contributed by atoms with Gasteiger partial charge in [-0.1, -0.05) is 38.1 Å². The van der Waals surface area contributed by atoms with Crippen molar-refractivity contribution in [2.45, 2.75) is 38.6 Å². The van der Waals surface area contributed by atoms with Gasteiger partial charge in [0.1, 0.15) is 0 Å². The third kappa shape index (κ3) is 3.69. The summed E-state index contributed by atoms with van der Waals surface area (Å²) in [4.78, 5) is 0.367. The van der Waals surface area contributed by atoms with Gasteiger partial charge in [-0.2, -0.15) is 4.31 Å². The second-order valence-electron chi connectivity index (χ2n) is 4.89. The van der Waals surface area contributed by atoms with Crippen LogP contribution < -0.4 is 5.73 Å². The van der Waals surface area contributed by atoms with E-state index in [9.17, 15) is 8.42 Å². The van der Waals surface area contributed by atoms with E-state index in [2.05, 4.69) is 6.58 Å². The normalized spacial score (nSPS) is 11.8. The summed E-state index contributed by atoms with van der Waals surface area (Å²) in [6, 6.07) is 5.42. The molecule has 0 aromatic heterocycles. The molecule has 0 spiro atoms. The molecule has 0 heterocycles. The van der Waals surface area contributed by atoms with Gasteiger partial charge in [0.25, 0.3) is 0 Å². The Morgan fingerprint density at radius 1 is 1.35 bits per heavy atom. The van der Waals surface area contributed by atoms with E-state index in [1.165, 1.54) is 4.31 Å². The van der Waals surface area contributed by atoms with Gasteiger partial charge in [0, 0.05) is 19.6 Å². The molecule has 1 aromatic carbocycles. The Bertz CT molecular complexity index is 580. The number of nitrogens with zero attached hydrogens (tertiary/aromatic N) is 1. The molecule has 0 radical (unpaired) electrons. The first-order valence-electron chi connectivity index (χ1n) is 6.83. The van der Waals surface area contributed by atoms with Gasteiger partial charge >= 0.3 is 0 Å². The molecule has 4 nitrogen and oxygen atoms in total. The Morgan fingerprint density at radius 3 is 2.45 bits per heavy atom. The molecule has 1 aromatic rings. The van der Waals surface area contributed by atoms with Gasteiger partial charge in [-0.3, -0.25) is 0 Å². The number of nitrogens with two attached hydrogens (primary N) is 1. The first-order chi connectivity index (χ1) is 9.36. The zero-order chi connectivity index (χ0) is 15.3. The minimum Gasteiger partial charge on any atom is -0.326 e. The minimum atomic E-state index is -3.50. The van der Waals surface area contributed by atoms with E-state index < -0.39 is 10.0 Å². The molecule has 0 atom stereocenters. The van der Waals surface area contributed by atoms with E-state index in [4.69, 9.17) is 5.73 Å². The Kier molecular flexibility index (Phi) is 5.92. The van der Waals surface area contributed by atoms with Gasteiger partial charge in [0.15, 0.2) is 0 Å². The summed E-state index contributed by atoms with van der Waals surface area (Å²) in [6.07, 6.45) is 0.671. The molecule has 1 rings (SSSR count). The number of benzene rings is 1. The molecule has 5 heteroatoms. The maximum absolute atomic E-state index is 12.8. The number of hydrogen-bond acceptors (Lipinski definition) is 3. The molecule has 0 fully saturated rings. The highest BCUT2D eigenvalue weighted by atomic mass is 32.2. The quantitative estimate of drug-likeness (QED) is 0.785. The standard InChI is InChI=1S/C15H24N2O2S/c1-5-14-8-7-13(10-16)9-15(14)20(18,19)17(6-2)11-12(3)4/h7-9H,3,5-6,10-11,16H2,1-2,4H3. The van der Waals surface area contributed by atoms with Gasteiger partial charge in [-0.25, -0.2) is 8.42 Å². The van der Waals surface area contributed by atoms with Gasteiger partial charge in [0.2, 0.25) is 10.0 Å². The lowest BCUT2D eigenvalue weighted by Crippen LogP contribution is -2.33. The third-order valence-corrected chi connectivity index (χ3v) is 5.17. The average molecular weight is 296 g/mol. The van der Waals surface area contributed by atoms with Crippen molar-refractivity contribution >= 4 is 10.0 Å². The number of hydrogen-bond donors (Lipinski definition) is 1. The summed E-state index contributed by atoms with van der Waals surface area (Å²) < 4.78 is 27.0. The summed E-state index contributed by atoms with van der Waals surface area (Å²) in [7, 11) is -3.50. The predicted molar refractivity (Wildman–Crippen MR) is 83.0 cm³/mol. The number of sulfonamides is 1. The summed E-state index contributed by atoms with van der Waals surface area (Å²) >= 11 is 0. The SMILES string of the molecule is C=C(C)CN(CC)S(=O)(=O)c1cc(CN)ccc1CC. The predicted octanol–water partition coefficient (Wildman–Crippen LogP) is 2.29. The molecule has 2 N–H and O–H groups in total. The first-order valence-corrected chi connectivity index (χ1v) is 8.27. The van der Waals surface area contributed by atoms with Gasteiger partial charge in [-0.15, -0.1) is 0 Å². The van der Waals surface area contributed by atoms with E-state index in [0.29, 0.717) is 31.0 Å². The molecular weight excluding hydrogens is 272 g/mol. The van der Waals surface area contributed by atoms with Crippen molar-refractivity contribution in [3.8, 4) is 0 Å². The Morgan fingerprint density at radius 2 is 2.00 bits per heavy atom. The highest BCUT2D eigenvalue weighted by Gasteiger charge is 2.25. The van der Waals surface area contributed by atoms with Crippen LogP contribution in [0.4, 0.5) is 0 Å². The van der Waals surface area contributed by atoms with Crippen LogP contribution in [0, 0.1) is 0 Å². The van der Waals surface area contributed by atoms with Crippen molar-refractivity contribution < 1.29 is 8.42 Å². The van der Waals surface area contributed by atoms with Crippen molar-refractivity contribution in [1.82, 2.24) is 4.31 Å². The van der Waals surface area contributed by atoms with E-state index in [1.807, 2.05) is 32.9 Å². The molecular formula is C15H24N2O2S. The summed E-state index contributed by atoms with van der Waals surface area (Å²) in [6.45, 7) is 10.5. The van der Waals surface area contributed by atoms with Crippen molar-refractivity contribution in [1.29, 1.82) is 0 Å². The van der Waals surface area contributed by atoms with Gasteiger partial charge < -0.3 is 5.73 Å². The molecule has 20 heavy (non-hydrogen) atoms. The largest absolute Gasteiger partial charge is 0.326 e. The van der Waals surface area contributed by atoms with Crippen LogP contribution in [0.25, 0.3) is 0 Å². The van der Waals surface area contributed by atoms with Gasteiger partial charge in [0.05, 0.1) is 4.90 Å². The lowest BCUT2D eigenvalue weighted by Gasteiger charge is -2.22. The monoisotopic (exact) mass is 296 g/mol. The Balaban J connectivity index is 3.35. The minimum absolute atomic E-state index is 0.332. The van der Waals surface area contributed by atoms with Crippen molar-refractivity contribution in [3.05, 3.63) is 41.5 Å². The van der Waals surface area contributed by atoms with E-state index in [-0.39, 0.29) is 0 Å². The van der Waals surface area contributed by atoms with Crippen molar-refractivity contribution in [3.63, 3.8) is 0 Å². The molecule has 0 aliphatic heterocycles. The van der Waals surface area contributed by atoms with Crippen LogP contribution in [-0.4, -0.2) is 25.8 Å².